The summed E-state index contributed by atoms with van der Waals surface area (Å²) < 4.78 is 38.2. The van der Waals surface area contributed by atoms with Gasteiger partial charge >= 0.3 is 0 Å². The lowest BCUT2D eigenvalue weighted by molar-refractivity contribution is -0.116. The van der Waals surface area contributed by atoms with Crippen LogP contribution in [0.25, 0.3) is 22.2 Å². The van der Waals surface area contributed by atoms with E-state index in [9.17, 15) is 23.9 Å². The number of hydrogen-bond acceptors (Lipinski definition) is 9. The number of carbonyl (C=O) groups is 2. The van der Waals surface area contributed by atoms with Crippen LogP contribution in [0.3, 0.4) is 0 Å². The van der Waals surface area contributed by atoms with Crippen LogP contribution >= 0.6 is 11.6 Å². The number of phenols is 1. The Hall–Kier alpha value is -4.76. The number of hydrogen-bond donors (Lipinski definition) is 3. The van der Waals surface area contributed by atoms with Crippen LogP contribution in [0.5, 0.6) is 11.5 Å². The monoisotopic (exact) mass is 656 g/mol. The first-order valence-corrected chi connectivity index (χ1v) is 14.9. The predicted molar refractivity (Wildman–Crippen MR) is 167 cm³/mol. The molecule has 4 N–H and O–H groups in total. The van der Waals surface area contributed by atoms with E-state index < -0.39 is 52.7 Å². The van der Waals surface area contributed by atoms with Gasteiger partial charge in [-0.05, 0) is 26.5 Å². The van der Waals surface area contributed by atoms with Gasteiger partial charge in [-0.25, -0.2) is 9.97 Å². The number of aromatic hydroxyl groups is 1. The van der Waals surface area contributed by atoms with Gasteiger partial charge in [0.2, 0.25) is 17.7 Å². The quantitative estimate of drug-likeness (QED) is 0.254. The molecule has 6 rings (SSSR count). The molecule has 0 radical (unpaired) electrons. The minimum absolute atomic E-state index is 0.0132. The van der Waals surface area contributed by atoms with Crippen molar-refractivity contribution in [2.24, 2.45) is 5.73 Å². The standard InChI is InChI=1S/C30H31ClF2N8O5/c1-14-11-38(2)7-8-40(14)20-10-18(23(31)27(33)36-20)35-21(42)13-39-12-17(22-29(39)37-19-5-4-6-41(19)30(22)45)15-9-16(28(34)44)25(43)24(32)26(15)46-3/h9-10,12,14,43H,4-8,11,13H2,1-3H3,(H2,34,44)(H,35,36,42)/t14-/m0/s1. The molecular weight excluding hydrogens is 626 g/mol. The van der Waals surface area contributed by atoms with Crippen molar-refractivity contribution in [1.29, 1.82) is 0 Å². The van der Waals surface area contributed by atoms with Gasteiger partial charge in [-0.3, -0.25) is 19.0 Å². The number of ether oxygens (including phenoxy) is 1. The fourth-order valence-corrected chi connectivity index (χ4v) is 6.35. The first-order valence-electron chi connectivity index (χ1n) is 14.5. The first kappa shape index (κ1) is 31.2. The first-order chi connectivity index (χ1) is 21.9. The van der Waals surface area contributed by atoms with Crippen molar-refractivity contribution in [3.8, 4) is 22.6 Å². The number of aromatic nitrogens is 4. The molecule has 1 aromatic carbocycles. The second-order valence-corrected chi connectivity index (χ2v) is 11.9. The third-order valence-electron chi connectivity index (χ3n) is 8.41. The number of piperazine rings is 1. The number of rotatable bonds is 7. The van der Waals surface area contributed by atoms with Gasteiger partial charge < -0.3 is 35.3 Å². The second-order valence-electron chi connectivity index (χ2n) is 11.5. The molecule has 2 aliphatic rings. The van der Waals surface area contributed by atoms with E-state index in [1.54, 1.807) is 0 Å². The van der Waals surface area contributed by atoms with Gasteiger partial charge in [-0.2, -0.15) is 8.78 Å². The van der Waals surface area contributed by atoms with Crippen molar-refractivity contribution >= 4 is 46.0 Å². The maximum absolute atomic E-state index is 15.2. The highest BCUT2D eigenvalue weighted by Gasteiger charge is 2.29. The maximum atomic E-state index is 15.2. The Morgan fingerprint density at radius 1 is 1.20 bits per heavy atom. The van der Waals surface area contributed by atoms with Crippen molar-refractivity contribution < 1.29 is 28.2 Å². The van der Waals surface area contributed by atoms with Crippen LogP contribution in [0.2, 0.25) is 5.02 Å². The number of methoxy groups -OCH3 is 1. The number of nitrogens with zero attached hydrogens (tertiary/aromatic N) is 6. The third-order valence-corrected chi connectivity index (χ3v) is 8.77. The minimum Gasteiger partial charge on any atom is -0.504 e. The highest BCUT2D eigenvalue weighted by Crippen LogP contribution is 2.42. The normalized spacial score (nSPS) is 16.6. The van der Waals surface area contributed by atoms with Crippen LogP contribution < -0.4 is 26.2 Å². The number of pyridine rings is 1. The molecule has 1 atom stereocenters. The van der Waals surface area contributed by atoms with E-state index in [2.05, 4.69) is 20.2 Å². The minimum atomic E-state index is -1.25. The molecule has 13 nitrogen and oxygen atoms in total. The highest BCUT2D eigenvalue weighted by atomic mass is 35.5. The van der Waals surface area contributed by atoms with Crippen LogP contribution in [0.1, 0.15) is 29.5 Å². The van der Waals surface area contributed by atoms with Gasteiger partial charge in [-0.1, -0.05) is 11.6 Å². The zero-order chi connectivity index (χ0) is 33.0. The largest absolute Gasteiger partial charge is 0.504 e. The smallest absolute Gasteiger partial charge is 0.263 e. The summed E-state index contributed by atoms with van der Waals surface area (Å²) in [6.45, 7) is 4.08. The Bertz CT molecular complexity index is 1980. The zero-order valence-electron chi connectivity index (χ0n) is 25.2. The van der Waals surface area contributed by atoms with Crippen molar-refractivity contribution in [1.82, 2.24) is 24.0 Å². The van der Waals surface area contributed by atoms with Gasteiger partial charge in [-0.15, -0.1) is 0 Å². The van der Waals surface area contributed by atoms with Gasteiger partial charge in [0.05, 0.1) is 23.7 Å². The lowest BCUT2D eigenvalue weighted by Crippen LogP contribution is -2.50. The van der Waals surface area contributed by atoms with E-state index in [1.165, 1.54) is 21.4 Å². The number of nitrogens with one attached hydrogen (secondary N) is 1. The molecule has 0 bridgehead atoms. The molecule has 0 saturated carbocycles. The number of halogens is 3. The molecule has 0 spiro atoms. The highest BCUT2D eigenvalue weighted by molar-refractivity contribution is 6.33. The number of primary amides is 1. The van der Waals surface area contributed by atoms with Crippen LogP contribution in [-0.2, 0) is 24.3 Å². The number of aryl methyl sites for hydroxylation is 1. The summed E-state index contributed by atoms with van der Waals surface area (Å²) in [5.41, 5.74) is 4.60. The van der Waals surface area contributed by atoms with E-state index >= 15 is 4.39 Å². The fourth-order valence-electron chi connectivity index (χ4n) is 6.21. The lowest BCUT2D eigenvalue weighted by atomic mass is 10.0. The summed E-state index contributed by atoms with van der Waals surface area (Å²) in [5.74, 6) is -4.53. The molecule has 0 unspecified atom stereocenters. The van der Waals surface area contributed by atoms with E-state index in [-0.39, 0.29) is 38.9 Å². The SMILES string of the molecule is COc1c(-c2cn(CC(=O)Nc3cc(N4CCN(C)C[C@@H]4C)nc(F)c3Cl)c3nc4n(c(=O)c23)CCC4)cc(C(N)=O)c(O)c1F. The molecule has 1 fully saturated rings. The summed E-state index contributed by atoms with van der Waals surface area (Å²) in [6, 6.07) is 2.66. The number of anilines is 2. The Morgan fingerprint density at radius 2 is 1.96 bits per heavy atom. The van der Waals surface area contributed by atoms with Gasteiger partial charge in [0.25, 0.3) is 11.5 Å². The van der Waals surface area contributed by atoms with Crippen molar-refractivity contribution in [3.63, 3.8) is 0 Å². The average Bonchev–Trinajstić information content (AvgIpc) is 3.62. The van der Waals surface area contributed by atoms with Crippen LogP contribution in [0.4, 0.5) is 20.3 Å². The summed E-state index contributed by atoms with van der Waals surface area (Å²) >= 11 is 6.23. The summed E-state index contributed by atoms with van der Waals surface area (Å²) in [5, 5.41) is 12.6. The molecule has 2 amide bonds. The number of benzene rings is 1. The molecule has 5 heterocycles. The summed E-state index contributed by atoms with van der Waals surface area (Å²) in [4.78, 5) is 52.0. The number of carbonyl (C=O) groups excluding carboxylic acids is 2. The average molecular weight is 657 g/mol. The maximum Gasteiger partial charge on any atom is 0.263 e. The van der Waals surface area contributed by atoms with E-state index in [1.807, 2.05) is 18.9 Å². The number of fused-ring (bicyclic) bond motifs is 2. The van der Waals surface area contributed by atoms with E-state index in [0.717, 1.165) is 26.3 Å². The Kier molecular flexibility index (Phi) is 8.06. The number of likely N-dealkylation sites (N-methyl/N-ethyl adjacent to an activating group) is 1. The summed E-state index contributed by atoms with van der Waals surface area (Å²) in [6.07, 6.45) is 2.61. The lowest BCUT2D eigenvalue weighted by Gasteiger charge is -2.39. The molecule has 16 heteroatoms. The molecule has 0 aliphatic carbocycles. The molecule has 1 saturated heterocycles. The molecule has 2 aliphatic heterocycles. The Morgan fingerprint density at radius 3 is 2.65 bits per heavy atom. The second kappa shape index (κ2) is 11.9. The Balaban J connectivity index is 1.42. The predicted octanol–water partition coefficient (Wildman–Crippen LogP) is 2.73. The van der Waals surface area contributed by atoms with Crippen molar-refractivity contribution in [2.45, 2.75) is 38.9 Å². The van der Waals surface area contributed by atoms with Crippen molar-refractivity contribution in [3.05, 3.63) is 56.9 Å². The molecule has 4 aromatic rings. The molecular formula is C30H31ClF2N8O5. The van der Waals surface area contributed by atoms with Crippen molar-refractivity contribution in [2.75, 3.05) is 44.0 Å². The molecule has 242 valence electrons. The van der Waals surface area contributed by atoms with E-state index in [0.29, 0.717) is 37.6 Å². The number of nitrogens with two attached hydrogens (primary N) is 1. The molecule has 3 aromatic heterocycles. The van der Waals surface area contributed by atoms with E-state index in [4.69, 9.17) is 22.1 Å². The summed E-state index contributed by atoms with van der Waals surface area (Å²) in [7, 11) is 3.16. The van der Waals surface area contributed by atoms with Crippen LogP contribution in [-0.4, -0.2) is 80.8 Å². The fraction of sp³-hybridized carbons (Fsp3) is 0.367. The third kappa shape index (κ3) is 5.28. The van der Waals surface area contributed by atoms with Gasteiger partial charge in [0.1, 0.15) is 28.9 Å². The van der Waals surface area contributed by atoms with Crippen LogP contribution in [0.15, 0.2) is 23.1 Å². The Labute approximate surface area is 266 Å². The topological polar surface area (TPSA) is 161 Å². The molecule has 46 heavy (non-hydrogen) atoms. The van der Waals surface area contributed by atoms with Crippen LogP contribution in [0, 0.1) is 11.8 Å². The zero-order valence-corrected chi connectivity index (χ0v) is 26.0. The van der Waals surface area contributed by atoms with Gasteiger partial charge in [0.15, 0.2) is 11.5 Å². The number of amides is 2. The van der Waals surface area contributed by atoms with Gasteiger partial charge in [0, 0.05) is 62.0 Å².